The molecule has 2 nitrogen and oxygen atoms in total. The van der Waals surface area contributed by atoms with Crippen molar-refractivity contribution in [3.05, 3.63) is 131 Å². The fraction of sp³-hybridized carbons (Fsp3) is 0.0769. The predicted octanol–water partition coefficient (Wildman–Crippen LogP) is 6.47. The number of rotatable bonds is 7. The van der Waals surface area contributed by atoms with E-state index in [4.69, 9.17) is 0 Å². The molecule has 0 bridgehead atoms. The van der Waals surface area contributed by atoms with Crippen LogP contribution in [0.2, 0.25) is 0 Å². The normalized spacial score (nSPS) is 12.3. The molecule has 0 spiro atoms. The topological polar surface area (TPSA) is 23.5 Å². The van der Waals surface area contributed by atoms with E-state index in [9.17, 15) is 5.21 Å². The van der Waals surface area contributed by atoms with Gasteiger partial charge in [0.2, 0.25) is 0 Å². The van der Waals surface area contributed by atoms with Gasteiger partial charge in [-0.3, -0.25) is 0 Å². The van der Waals surface area contributed by atoms with Crippen molar-refractivity contribution in [3.63, 3.8) is 0 Å². The number of nitrogens with zero attached hydrogens (tertiary/aromatic N) is 1. The molecule has 0 aromatic heterocycles. The van der Waals surface area contributed by atoms with Crippen LogP contribution in [0.4, 0.5) is 0 Å². The molecule has 0 saturated carbocycles. The highest BCUT2D eigenvalue weighted by atomic mass is 79.9. The molecular weight excluding hydrogens is 453 g/mol. The Morgan fingerprint density at radius 1 is 0.667 bits per heavy atom. The largest absolute Gasteiger partial charge is 0.313 e. The number of hydrogen-bond donors (Lipinski definition) is 1. The highest BCUT2D eigenvalue weighted by molar-refractivity contribution is 9.10. The third-order valence-electron chi connectivity index (χ3n) is 4.97. The van der Waals surface area contributed by atoms with Crippen LogP contribution in [-0.4, -0.2) is 10.3 Å². The minimum atomic E-state index is -0.896. The minimum absolute atomic E-state index is 0.208. The Morgan fingerprint density at radius 2 is 1.13 bits per heavy atom. The number of hydrogen-bond acceptors (Lipinski definition) is 2. The standard InChI is InChI=1S/C26H23BrNOP/c27-25-19-11-10-18-24(25)26(28(29)20-21-12-4-1-5-13-21)30(22-14-6-2-7-15-22)23-16-8-3-9-17-23/h1-19,26,29H,20H2. The molecule has 0 heterocycles. The number of benzene rings is 4. The Morgan fingerprint density at radius 3 is 1.67 bits per heavy atom. The maximum Gasteiger partial charge on any atom is 0.0891 e. The van der Waals surface area contributed by atoms with Crippen LogP contribution in [0, 0.1) is 0 Å². The van der Waals surface area contributed by atoms with E-state index in [0.717, 1.165) is 15.6 Å². The van der Waals surface area contributed by atoms with E-state index in [1.165, 1.54) is 15.7 Å². The van der Waals surface area contributed by atoms with E-state index >= 15 is 0 Å². The van der Waals surface area contributed by atoms with Gasteiger partial charge in [0.25, 0.3) is 0 Å². The predicted molar refractivity (Wildman–Crippen MR) is 130 cm³/mol. The molecule has 4 aromatic rings. The molecule has 0 amide bonds. The van der Waals surface area contributed by atoms with Crippen molar-refractivity contribution in [1.82, 2.24) is 5.06 Å². The average molecular weight is 476 g/mol. The first-order chi connectivity index (χ1) is 14.7. The van der Waals surface area contributed by atoms with Gasteiger partial charge in [0, 0.05) is 11.0 Å². The van der Waals surface area contributed by atoms with Crippen LogP contribution in [0.15, 0.2) is 120 Å². The fourth-order valence-corrected chi connectivity index (χ4v) is 6.96. The molecule has 1 unspecified atom stereocenters. The van der Waals surface area contributed by atoms with Crippen LogP contribution < -0.4 is 10.6 Å². The summed E-state index contributed by atoms with van der Waals surface area (Å²) >= 11 is 3.74. The summed E-state index contributed by atoms with van der Waals surface area (Å²) in [5.41, 5.74) is 2.16. The number of halogens is 1. The molecule has 0 aliphatic heterocycles. The van der Waals surface area contributed by atoms with Gasteiger partial charge in [0.15, 0.2) is 0 Å². The van der Waals surface area contributed by atoms with Crippen molar-refractivity contribution in [1.29, 1.82) is 0 Å². The lowest BCUT2D eigenvalue weighted by Gasteiger charge is -2.35. The van der Waals surface area contributed by atoms with Crippen molar-refractivity contribution in [2.75, 3.05) is 0 Å². The average Bonchev–Trinajstić information content (AvgIpc) is 2.80. The molecule has 0 fully saturated rings. The van der Waals surface area contributed by atoms with Gasteiger partial charge in [-0.25, -0.2) is 0 Å². The molecule has 150 valence electrons. The van der Waals surface area contributed by atoms with Crippen molar-refractivity contribution < 1.29 is 5.21 Å². The van der Waals surface area contributed by atoms with Crippen molar-refractivity contribution >= 4 is 34.5 Å². The monoisotopic (exact) mass is 475 g/mol. The zero-order valence-corrected chi connectivity index (χ0v) is 19.0. The molecule has 4 rings (SSSR count). The van der Waals surface area contributed by atoms with Gasteiger partial charge in [-0.05, 0) is 35.7 Å². The Kier molecular flexibility index (Phi) is 7.09. The van der Waals surface area contributed by atoms with E-state index in [0.29, 0.717) is 6.54 Å². The summed E-state index contributed by atoms with van der Waals surface area (Å²) in [6, 6.07) is 39.3. The number of hydroxylamine groups is 2. The summed E-state index contributed by atoms with van der Waals surface area (Å²) in [6.07, 6.45) is 0. The maximum absolute atomic E-state index is 11.5. The van der Waals surface area contributed by atoms with Crippen molar-refractivity contribution in [2.24, 2.45) is 0 Å². The van der Waals surface area contributed by atoms with Gasteiger partial charge in [-0.1, -0.05) is 125 Å². The Labute approximate surface area is 187 Å². The van der Waals surface area contributed by atoms with Crippen LogP contribution in [0.5, 0.6) is 0 Å². The summed E-state index contributed by atoms with van der Waals surface area (Å²) in [5, 5.41) is 15.4. The van der Waals surface area contributed by atoms with Crippen LogP contribution in [0.25, 0.3) is 0 Å². The molecule has 0 aliphatic rings. The maximum atomic E-state index is 11.5. The zero-order chi connectivity index (χ0) is 20.8. The van der Waals surface area contributed by atoms with Gasteiger partial charge in [0.1, 0.15) is 0 Å². The van der Waals surface area contributed by atoms with Gasteiger partial charge in [-0.15, -0.1) is 0 Å². The van der Waals surface area contributed by atoms with E-state index in [1.807, 2.05) is 60.7 Å². The first-order valence-corrected chi connectivity index (χ1v) is 12.1. The summed E-state index contributed by atoms with van der Waals surface area (Å²) in [7, 11) is -0.896. The van der Waals surface area contributed by atoms with E-state index in [1.54, 1.807) is 0 Å². The van der Waals surface area contributed by atoms with Gasteiger partial charge >= 0.3 is 0 Å². The second-order valence-corrected chi connectivity index (χ2v) is 10.1. The molecule has 1 atom stereocenters. The first-order valence-electron chi connectivity index (χ1n) is 9.87. The molecule has 30 heavy (non-hydrogen) atoms. The lowest BCUT2D eigenvalue weighted by molar-refractivity contribution is -0.113. The molecule has 1 N–H and O–H groups in total. The molecular formula is C26H23BrNOP. The summed E-state index contributed by atoms with van der Waals surface area (Å²) in [5.74, 6) is -0.208. The smallest absolute Gasteiger partial charge is 0.0891 e. The first kappa shape index (κ1) is 21.0. The van der Waals surface area contributed by atoms with E-state index in [-0.39, 0.29) is 5.78 Å². The van der Waals surface area contributed by atoms with Crippen LogP contribution >= 0.6 is 23.9 Å². The van der Waals surface area contributed by atoms with Gasteiger partial charge in [0.05, 0.1) is 5.78 Å². The quantitative estimate of drug-likeness (QED) is 0.244. The molecule has 0 radical (unpaired) electrons. The summed E-state index contributed by atoms with van der Waals surface area (Å²) in [4.78, 5) is 0. The Balaban J connectivity index is 1.84. The SMILES string of the molecule is ON(Cc1ccccc1)C(c1ccccc1Br)P(c1ccccc1)c1ccccc1. The highest BCUT2D eigenvalue weighted by Crippen LogP contribution is 2.52. The van der Waals surface area contributed by atoms with Crippen LogP contribution in [0.3, 0.4) is 0 Å². The lowest BCUT2D eigenvalue weighted by atomic mass is 10.2. The third-order valence-corrected chi connectivity index (χ3v) is 8.43. The second kappa shape index (κ2) is 10.1. The second-order valence-electron chi connectivity index (χ2n) is 7.02. The van der Waals surface area contributed by atoms with Crippen molar-refractivity contribution in [3.8, 4) is 0 Å². The zero-order valence-electron chi connectivity index (χ0n) is 16.5. The molecule has 4 heteroatoms. The van der Waals surface area contributed by atoms with Crippen LogP contribution in [0.1, 0.15) is 16.9 Å². The Hall–Kier alpha value is -2.29. The summed E-state index contributed by atoms with van der Waals surface area (Å²) < 4.78 is 1.00. The highest BCUT2D eigenvalue weighted by Gasteiger charge is 2.32. The van der Waals surface area contributed by atoms with Gasteiger partial charge in [-0.2, -0.15) is 5.06 Å². The molecule has 4 aromatic carbocycles. The van der Waals surface area contributed by atoms with E-state index in [2.05, 4.69) is 70.5 Å². The van der Waals surface area contributed by atoms with Crippen LogP contribution in [-0.2, 0) is 6.54 Å². The van der Waals surface area contributed by atoms with Crippen molar-refractivity contribution in [2.45, 2.75) is 12.3 Å². The minimum Gasteiger partial charge on any atom is -0.313 e. The summed E-state index contributed by atoms with van der Waals surface area (Å²) in [6.45, 7) is 0.450. The third kappa shape index (κ3) is 4.88. The van der Waals surface area contributed by atoms with Gasteiger partial charge < -0.3 is 5.21 Å². The van der Waals surface area contributed by atoms with E-state index < -0.39 is 7.92 Å². The molecule has 0 saturated heterocycles. The molecule has 0 aliphatic carbocycles. The lowest BCUT2D eigenvalue weighted by Crippen LogP contribution is -2.30. The Bertz CT molecular complexity index is 1020. The fourth-order valence-electron chi connectivity index (χ4n) is 3.58.